The minimum absolute atomic E-state index is 0.0242. The van der Waals surface area contributed by atoms with E-state index in [1.807, 2.05) is 6.92 Å². The molecular weight excluding hydrogens is 203 g/mol. The maximum absolute atomic E-state index is 12.7. The zero-order chi connectivity index (χ0) is 10.6. The summed E-state index contributed by atoms with van der Waals surface area (Å²) in [6, 6.07) is 4.34. The van der Waals surface area contributed by atoms with Gasteiger partial charge in [-0.05, 0) is 30.5 Å². The maximum Gasteiger partial charge on any atom is 0.124 e. The first kappa shape index (κ1) is 11.2. The fraction of sp³-hybridized carbons (Fsp3) is 0.364. The number of aldehydes is 1. The first-order valence-corrected chi connectivity index (χ1v) is 4.90. The smallest absolute Gasteiger partial charge is 0.124 e. The highest BCUT2D eigenvalue weighted by atomic mass is 35.5. The van der Waals surface area contributed by atoms with Crippen LogP contribution in [0.3, 0.4) is 0 Å². The van der Waals surface area contributed by atoms with Crippen molar-refractivity contribution in [1.29, 1.82) is 0 Å². The Balaban J connectivity index is 2.63. The van der Waals surface area contributed by atoms with Crippen LogP contribution in [0.2, 0.25) is 5.02 Å². The van der Waals surface area contributed by atoms with Gasteiger partial charge in [-0.15, -0.1) is 0 Å². The average Bonchev–Trinajstić information content (AvgIpc) is 2.16. The van der Waals surface area contributed by atoms with Crippen LogP contribution in [-0.4, -0.2) is 6.29 Å². The molecule has 0 aliphatic carbocycles. The van der Waals surface area contributed by atoms with Crippen LogP contribution in [0, 0.1) is 11.7 Å². The van der Waals surface area contributed by atoms with Gasteiger partial charge in [-0.25, -0.2) is 4.39 Å². The molecule has 1 rings (SSSR count). The lowest BCUT2D eigenvalue weighted by atomic mass is 10.0. The van der Waals surface area contributed by atoms with Gasteiger partial charge in [0.05, 0.1) is 0 Å². The van der Waals surface area contributed by atoms with Crippen LogP contribution < -0.4 is 0 Å². The minimum atomic E-state index is -0.331. The van der Waals surface area contributed by atoms with E-state index in [-0.39, 0.29) is 11.7 Å². The summed E-state index contributed by atoms with van der Waals surface area (Å²) in [4.78, 5) is 10.4. The summed E-state index contributed by atoms with van der Waals surface area (Å²) >= 11 is 5.83. The molecule has 0 amide bonds. The van der Waals surface area contributed by atoms with Crippen molar-refractivity contribution in [3.8, 4) is 0 Å². The van der Waals surface area contributed by atoms with Crippen molar-refractivity contribution >= 4 is 17.9 Å². The van der Waals surface area contributed by atoms with E-state index < -0.39 is 0 Å². The number of carbonyl (C=O) groups is 1. The van der Waals surface area contributed by atoms with Crippen LogP contribution in [0.4, 0.5) is 4.39 Å². The fourth-order valence-electron chi connectivity index (χ4n) is 1.18. The molecule has 0 heterocycles. The predicted molar refractivity (Wildman–Crippen MR) is 55.0 cm³/mol. The molecule has 0 aliphatic rings. The summed E-state index contributed by atoms with van der Waals surface area (Å²) in [5.74, 6) is -0.307. The van der Waals surface area contributed by atoms with Gasteiger partial charge in [0.25, 0.3) is 0 Å². The molecule has 1 atom stereocenters. The van der Waals surface area contributed by atoms with Crippen LogP contribution in [0.1, 0.15) is 18.9 Å². The molecule has 0 bridgehead atoms. The molecule has 1 unspecified atom stereocenters. The maximum atomic E-state index is 12.7. The van der Waals surface area contributed by atoms with E-state index in [0.29, 0.717) is 11.4 Å². The normalized spacial score (nSPS) is 12.5. The van der Waals surface area contributed by atoms with Gasteiger partial charge >= 0.3 is 0 Å². The van der Waals surface area contributed by atoms with Crippen LogP contribution in [-0.2, 0) is 11.2 Å². The highest BCUT2D eigenvalue weighted by Gasteiger charge is 2.04. The zero-order valence-electron chi connectivity index (χ0n) is 7.97. The number of halogens is 2. The van der Waals surface area contributed by atoms with Crippen molar-refractivity contribution < 1.29 is 9.18 Å². The Morgan fingerprint density at radius 1 is 1.57 bits per heavy atom. The Morgan fingerprint density at radius 2 is 2.29 bits per heavy atom. The van der Waals surface area contributed by atoms with Gasteiger partial charge in [0.1, 0.15) is 12.1 Å². The van der Waals surface area contributed by atoms with E-state index in [1.54, 1.807) is 6.07 Å². The summed E-state index contributed by atoms with van der Waals surface area (Å²) in [6.45, 7) is 1.85. The van der Waals surface area contributed by atoms with E-state index in [4.69, 9.17) is 11.6 Å². The fourth-order valence-corrected chi connectivity index (χ4v) is 1.44. The SMILES string of the molecule is CC(C=O)CCc1ccc(F)cc1Cl. The number of benzene rings is 1. The summed E-state index contributed by atoms with van der Waals surface area (Å²) in [6.07, 6.45) is 2.37. The second kappa shape index (κ2) is 5.11. The lowest BCUT2D eigenvalue weighted by molar-refractivity contribution is -0.110. The van der Waals surface area contributed by atoms with Crippen molar-refractivity contribution in [1.82, 2.24) is 0 Å². The third-order valence-corrected chi connectivity index (χ3v) is 2.47. The number of rotatable bonds is 4. The van der Waals surface area contributed by atoms with Gasteiger partial charge in [-0.2, -0.15) is 0 Å². The molecule has 0 aliphatic heterocycles. The molecule has 0 fully saturated rings. The van der Waals surface area contributed by atoms with Gasteiger partial charge < -0.3 is 4.79 Å². The Morgan fingerprint density at radius 3 is 2.86 bits per heavy atom. The predicted octanol–water partition coefficient (Wildman–Crippen LogP) is 3.25. The average molecular weight is 215 g/mol. The van der Waals surface area contributed by atoms with Crippen LogP contribution in [0.25, 0.3) is 0 Å². The van der Waals surface area contributed by atoms with Crippen LogP contribution in [0.15, 0.2) is 18.2 Å². The molecule has 0 spiro atoms. The Hall–Kier alpha value is -0.890. The van der Waals surface area contributed by atoms with E-state index in [1.165, 1.54) is 12.1 Å². The highest BCUT2D eigenvalue weighted by molar-refractivity contribution is 6.31. The molecule has 14 heavy (non-hydrogen) atoms. The van der Waals surface area contributed by atoms with E-state index in [9.17, 15) is 9.18 Å². The molecule has 1 aromatic carbocycles. The molecule has 0 radical (unpaired) electrons. The first-order valence-electron chi connectivity index (χ1n) is 4.52. The largest absolute Gasteiger partial charge is 0.303 e. The molecular formula is C11H12ClFO. The Kier molecular flexibility index (Phi) is 4.08. The van der Waals surface area contributed by atoms with Gasteiger partial charge in [-0.1, -0.05) is 24.6 Å². The number of hydrogen-bond donors (Lipinski definition) is 0. The quantitative estimate of drug-likeness (QED) is 0.704. The Bertz CT molecular complexity index is 325. The van der Waals surface area contributed by atoms with Gasteiger partial charge in [0.15, 0.2) is 0 Å². The topological polar surface area (TPSA) is 17.1 Å². The van der Waals surface area contributed by atoms with Crippen LogP contribution in [0.5, 0.6) is 0 Å². The van der Waals surface area contributed by atoms with Gasteiger partial charge in [-0.3, -0.25) is 0 Å². The molecule has 0 saturated carbocycles. The van der Waals surface area contributed by atoms with Gasteiger partial charge in [0.2, 0.25) is 0 Å². The lowest BCUT2D eigenvalue weighted by Gasteiger charge is -2.05. The number of hydrogen-bond acceptors (Lipinski definition) is 1. The summed E-state index contributed by atoms with van der Waals surface area (Å²) in [5, 5.41) is 0.433. The second-order valence-electron chi connectivity index (χ2n) is 3.39. The number of aryl methyl sites for hydroxylation is 1. The minimum Gasteiger partial charge on any atom is -0.303 e. The Labute approximate surface area is 87.9 Å². The molecule has 1 nitrogen and oxygen atoms in total. The third kappa shape index (κ3) is 3.11. The van der Waals surface area contributed by atoms with Crippen LogP contribution >= 0.6 is 11.6 Å². The van der Waals surface area contributed by atoms with Crippen molar-refractivity contribution in [2.45, 2.75) is 19.8 Å². The highest BCUT2D eigenvalue weighted by Crippen LogP contribution is 2.19. The van der Waals surface area contributed by atoms with Gasteiger partial charge in [0, 0.05) is 10.9 Å². The zero-order valence-corrected chi connectivity index (χ0v) is 8.72. The van der Waals surface area contributed by atoms with Crippen molar-refractivity contribution in [2.24, 2.45) is 5.92 Å². The van der Waals surface area contributed by atoms with E-state index in [0.717, 1.165) is 18.3 Å². The lowest BCUT2D eigenvalue weighted by Crippen LogP contribution is -1.98. The molecule has 76 valence electrons. The first-order chi connectivity index (χ1) is 6.63. The summed E-state index contributed by atoms with van der Waals surface area (Å²) in [5.41, 5.74) is 0.891. The van der Waals surface area contributed by atoms with E-state index >= 15 is 0 Å². The van der Waals surface area contributed by atoms with Crippen molar-refractivity contribution in [3.63, 3.8) is 0 Å². The molecule has 3 heteroatoms. The standard InChI is InChI=1S/C11H12ClFO/c1-8(7-14)2-3-9-4-5-10(13)6-11(9)12/h4-8H,2-3H2,1H3. The molecule has 0 saturated heterocycles. The molecule has 0 N–H and O–H groups in total. The summed E-state index contributed by atoms with van der Waals surface area (Å²) < 4.78 is 12.7. The molecule has 1 aromatic rings. The van der Waals surface area contributed by atoms with Crippen molar-refractivity contribution in [3.05, 3.63) is 34.6 Å². The summed E-state index contributed by atoms with van der Waals surface area (Å²) in [7, 11) is 0. The third-order valence-electron chi connectivity index (χ3n) is 2.12. The second-order valence-corrected chi connectivity index (χ2v) is 3.79. The number of carbonyl (C=O) groups excluding carboxylic acids is 1. The molecule has 0 aromatic heterocycles. The van der Waals surface area contributed by atoms with Crippen molar-refractivity contribution in [2.75, 3.05) is 0 Å². The monoisotopic (exact) mass is 214 g/mol. The van der Waals surface area contributed by atoms with E-state index in [2.05, 4.69) is 0 Å².